The molecule has 0 radical (unpaired) electrons. The van der Waals surface area contributed by atoms with Crippen LogP contribution in [0.4, 0.5) is 0 Å². The molecule has 1 saturated carbocycles. The highest BCUT2D eigenvalue weighted by atomic mass is 16.5. The third-order valence-electron chi connectivity index (χ3n) is 5.32. The van der Waals surface area contributed by atoms with Crippen molar-refractivity contribution in [1.29, 1.82) is 0 Å². The Bertz CT molecular complexity index is 758. The fourth-order valence-electron chi connectivity index (χ4n) is 3.59. The Morgan fingerprint density at radius 1 is 1.28 bits per heavy atom. The molecule has 1 aromatic carbocycles. The van der Waals surface area contributed by atoms with Crippen molar-refractivity contribution in [2.45, 2.75) is 52.0 Å². The van der Waals surface area contributed by atoms with Gasteiger partial charge in [-0.3, -0.25) is 9.48 Å². The monoisotopic (exact) mass is 341 g/mol. The molecule has 5 nitrogen and oxygen atoms in total. The van der Waals surface area contributed by atoms with Gasteiger partial charge in [0.1, 0.15) is 5.75 Å². The number of carbonyl (C=O) groups excluding carboxylic acids is 1. The molecule has 0 atom stereocenters. The minimum absolute atomic E-state index is 0.120. The lowest BCUT2D eigenvalue weighted by atomic mass is 9.95. The second-order valence-corrected chi connectivity index (χ2v) is 6.79. The van der Waals surface area contributed by atoms with Crippen LogP contribution in [-0.2, 0) is 23.2 Å². The predicted octanol–water partition coefficient (Wildman–Crippen LogP) is 2.92. The number of hydrogen-bond donors (Lipinski definition) is 1. The van der Waals surface area contributed by atoms with E-state index < -0.39 is 0 Å². The summed E-state index contributed by atoms with van der Waals surface area (Å²) in [5, 5.41) is 7.69. The summed E-state index contributed by atoms with van der Waals surface area (Å²) in [7, 11) is 1.65. The lowest BCUT2D eigenvalue weighted by Crippen LogP contribution is -2.36. The first-order valence-electron chi connectivity index (χ1n) is 8.97. The SMILES string of the molecule is CCc1c(C)nn(CCNC(=O)C2(c3ccc(OC)cc3)CC2)c1C. The van der Waals surface area contributed by atoms with Gasteiger partial charge >= 0.3 is 0 Å². The second-order valence-electron chi connectivity index (χ2n) is 6.79. The van der Waals surface area contributed by atoms with E-state index in [-0.39, 0.29) is 11.3 Å². The van der Waals surface area contributed by atoms with Crippen molar-refractivity contribution in [2.24, 2.45) is 0 Å². The van der Waals surface area contributed by atoms with Crippen molar-refractivity contribution >= 4 is 5.91 Å². The lowest BCUT2D eigenvalue weighted by Gasteiger charge is -2.16. The van der Waals surface area contributed by atoms with E-state index in [0.717, 1.165) is 36.3 Å². The molecule has 1 N–H and O–H groups in total. The minimum atomic E-state index is -0.351. The van der Waals surface area contributed by atoms with E-state index >= 15 is 0 Å². The molecular weight excluding hydrogens is 314 g/mol. The fourth-order valence-corrected chi connectivity index (χ4v) is 3.59. The summed E-state index contributed by atoms with van der Waals surface area (Å²) >= 11 is 0. The molecule has 1 aliphatic carbocycles. The third kappa shape index (κ3) is 3.28. The Kier molecular flexibility index (Phi) is 4.84. The second kappa shape index (κ2) is 6.90. The highest BCUT2D eigenvalue weighted by Gasteiger charge is 2.51. The van der Waals surface area contributed by atoms with Crippen LogP contribution in [0.2, 0.25) is 0 Å². The predicted molar refractivity (Wildman–Crippen MR) is 98.0 cm³/mol. The number of amides is 1. The van der Waals surface area contributed by atoms with Gasteiger partial charge in [0.15, 0.2) is 0 Å². The van der Waals surface area contributed by atoms with E-state index in [1.165, 1.54) is 11.3 Å². The van der Waals surface area contributed by atoms with Gasteiger partial charge in [0.2, 0.25) is 5.91 Å². The maximum atomic E-state index is 12.7. The number of rotatable bonds is 7. The summed E-state index contributed by atoms with van der Waals surface area (Å²) < 4.78 is 7.20. The topological polar surface area (TPSA) is 56.2 Å². The van der Waals surface area contributed by atoms with Crippen LogP contribution in [0, 0.1) is 13.8 Å². The van der Waals surface area contributed by atoms with E-state index in [9.17, 15) is 4.79 Å². The first-order valence-corrected chi connectivity index (χ1v) is 8.97. The molecule has 1 aliphatic rings. The molecule has 0 bridgehead atoms. The van der Waals surface area contributed by atoms with Crippen molar-refractivity contribution < 1.29 is 9.53 Å². The number of nitrogens with one attached hydrogen (secondary N) is 1. The van der Waals surface area contributed by atoms with Crippen LogP contribution < -0.4 is 10.1 Å². The Labute approximate surface area is 149 Å². The van der Waals surface area contributed by atoms with Crippen LogP contribution in [-0.4, -0.2) is 29.3 Å². The first-order chi connectivity index (χ1) is 12.0. The van der Waals surface area contributed by atoms with Gasteiger partial charge in [-0.2, -0.15) is 5.10 Å². The van der Waals surface area contributed by atoms with Gasteiger partial charge in [-0.1, -0.05) is 19.1 Å². The van der Waals surface area contributed by atoms with Gasteiger partial charge in [0, 0.05) is 12.2 Å². The molecule has 134 valence electrons. The molecule has 0 unspecified atom stereocenters. The average Bonchev–Trinajstić information content (AvgIpc) is 3.38. The summed E-state index contributed by atoms with van der Waals surface area (Å²) in [6, 6.07) is 7.84. The third-order valence-corrected chi connectivity index (χ3v) is 5.32. The molecule has 1 amide bonds. The molecule has 3 rings (SSSR count). The van der Waals surface area contributed by atoms with Crippen molar-refractivity contribution in [2.75, 3.05) is 13.7 Å². The summed E-state index contributed by atoms with van der Waals surface area (Å²) in [6.07, 6.45) is 2.81. The number of aromatic nitrogens is 2. The van der Waals surface area contributed by atoms with Crippen LogP contribution in [0.15, 0.2) is 24.3 Å². The van der Waals surface area contributed by atoms with Gasteiger partial charge in [0.25, 0.3) is 0 Å². The maximum Gasteiger partial charge on any atom is 0.230 e. The molecule has 1 aromatic heterocycles. The zero-order valence-corrected chi connectivity index (χ0v) is 15.6. The molecule has 0 saturated heterocycles. The molecule has 2 aromatic rings. The summed E-state index contributed by atoms with van der Waals surface area (Å²) in [6.45, 7) is 7.60. The largest absolute Gasteiger partial charge is 0.497 e. The number of carbonyl (C=O) groups is 1. The average molecular weight is 341 g/mol. The van der Waals surface area contributed by atoms with Crippen LogP contribution in [0.1, 0.15) is 42.3 Å². The van der Waals surface area contributed by atoms with Crippen LogP contribution in [0.3, 0.4) is 0 Å². The molecule has 5 heteroatoms. The quantitative estimate of drug-likeness (QED) is 0.842. The van der Waals surface area contributed by atoms with Gasteiger partial charge in [-0.25, -0.2) is 0 Å². The van der Waals surface area contributed by atoms with E-state index in [1.807, 2.05) is 35.9 Å². The zero-order chi connectivity index (χ0) is 18.0. The Morgan fingerprint density at radius 3 is 2.48 bits per heavy atom. The molecule has 1 heterocycles. The van der Waals surface area contributed by atoms with Gasteiger partial charge in [-0.15, -0.1) is 0 Å². The van der Waals surface area contributed by atoms with E-state index in [4.69, 9.17) is 4.74 Å². The molecular formula is C20H27N3O2. The summed E-state index contributed by atoms with van der Waals surface area (Å²) in [5.41, 5.74) is 4.32. The number of benzene rings is 1. The summed E-state index contributed by atoms with van der Waals surface area (Å²) in [5.74, 6) is 0.936. The van der Waals surface area contributed by atoms with Gasteiger partial charge < -0.3 is 10.1 Å². The molecule has 0 spiro atoms. The van der Waals surface area contributed by atoms with Gasteiger partial charge in [0.05, 0.1) is 24.8 Å². The minimum Gasteiger partial charge on any atom is -0.497 e. The maximum absolute atomic E-state index is 12.7. The van der Waals surface area contributed by atoms with Crippen LogP contribution >= 0.6 is 0 Å². The smallest absolute Gasteiger partial charge is 0.230 e. The zero-order valence-electron chi connectivity index (χ0n) is 15.6. The number of methoxy groups -OCH3 is 1. The van der Waals surface area contributed by atoms with Crippen molar-refractivity contribution in [3.63, 3.8) is 0 Å². The fraction of sp³-hybridized carbons (Fsp3) is 0.500. The van der Waals surface area contributed by atoms with E-state index in [0.29, 0.717) is 13.1 Å². The van der Waals surface area contributed by atoms with Crippen molar-refractivity contribution in [1.82, 2.24) is 15.1 Å². The van der Waals surface area contributed by atoms with Crippen LogP contribution in [0.25, 0.3) is 0 Å². The summed E-state index contributed by atoms with van der Waals surface area (Å²) in [4.78, 5) is 12.7. The van der Waals surface area contributed by atoms with Crippen molar-refractivity contribution in [3.8, 4) is 5.75 Å². The molecule has 0 aliphatic heterocycles. The first kappa shape index (κ1) is 17.5. The van der Waals surface area contributed by atoms with Gasteiger partial charge in [-0.05, 0) is 56.4 Å². The number of ether oxygens (including phenoxy) is 1. The number of nitrogens with zero attached hydrogens (tertiary/aromatic N) is 2. The highest BCUT2D eigenvalue weighted by Crippen LogP contribution is 2.48. The van der Waals surface area contributed by atoms with Crippen molar-refractivity contribution in [3.05, 3.63) is 46.8 Å². The Balaban J connectivity index is 1.61. The standard InChI is InChI=1S/C20H27N3O2/c1-5-18-14(2)22-23(15(18)3)13-12-21-19(24)20(10-11-20)16-6-8-17(25-4)9-7-16/h6-9H,5,10-13H2,1-4H3,(H,21,24). The Morgan fingerprint density at radius 2 is 1.96 bits per heavy atom. The molecule has 1 fully saturated rings. The lowest BCUT2D eigenvalue weighted by molar-refractivity contribution is -0.123. The Hall–Kier alpha value is -2.30. The molecule has 25 heavy (non-hydrogen) atoms. The normalized spacial score (nSPS) is 15.0. The van der Waals surface area contributed by atoms with Crippen LogP contribution in [0.5, 0.6) is 5.75 Å². The number of aryl methyl sites for hydroxylation is 1. The van der Waals surface area contributed by atoms with E-state index in [1.54, 1.807) is 7.11 Å². The highest BCUT2D eigenvalue weighted by molar-refractivity contribution is 5.91. The number of hydrogen-bond acceptors (Lipinski definition) is 3. The van der Waals surface area contributed by atoms with E-state index in [2.05, 4.69) is 24.3 Å².